The van der Waals surface area contributed by atoms with E-state index in [9.17, 15) is 4.79 Å². The second-order valence-electron chi connectivity index (χ2n) is 5.24. The van der Waals surface area contributed by atoms with Gasteiger partial charge in [0.2, 0.25) is 0 Å². The normalized spacial score (nSPS) is 23.3. The summed E-state index contributed by atoms with van der Waals surface area (Å²) in [4.78, 5) is 12.9. The van der Waals surface area contributed by atoms with Crippen LogP contribution in [-0.4, -0.2) is 17.7 Å². The first kappa shape index (κ1) is 12.9. The molecule has 0 radical (unpaired) electrons. The zero-order valence-corrected chi connectivity index (χ0v) is 12.5. The Balaban J connectivity index is 1.82. The Bertz CT molecular complexity index is 424. The summed E-state index contributed by atoms with van der Waals surface area (Å²) in [6.45, 7) is 5.61. The number of halogens is 1. The predicted octanol–water partition coefficient (Wildman–Crippen LogP) is 3.89. The van der Waals surface area contributed by atoms with Crippen LogP contribution in [0.2, 0.25) is 0 Å². The minimum atomic E-state index is -0.430. The highest BCUT2D eigenvalue weighted by Gasteiger charge is 2.41. The largest absolute Gasteiger partial charge is 0.444 e. The van der Waals surface area contributed by atoms with Gasteiger partial charge in [0.05, 0.1) is 3.79 Å². The van der Waals surface area contributed by atoms with Gasteiger partial charge >= 0.3 is 6.09 Å². The van der Waals surface area contributed by atoms with Gasteiger partial charge in [-0.2, -0.15) is 0 Å². The van der Waals surface area contributed by atoms with Gasteiger partial charge in [-0.3, -0.25) is 0 Å². The molecule has 5 heteroatoms. The molecule has 3 nitrogen and oxygen atoms in total. The summed E-state index contributed by atoms with van der Waals surface area (Å²) < 4.78 is 6.36. The van der Waals surface area contributed by atoms with Crippen LogP contribution in [0.5, 0.6) is 0 Å². The van der Waals surface area contributed by atoms with Crippen LogP contribution < -0.4 is 5.32 Å². The molecule has 1 saturated carbocycles. The molecule has 0 bridgehead atoms. The lowest BCUT2D eigenvalue weighted by atomic mass is 10.2. The molecule has 2 unspecified atom stereocenters. The van der Waals surface area contributed by atoms with Gasteiger partial charge in [-0.05, 0) is 55.3 Å². The molecule has 0 saturated heterocycles. The summed E-state index contributed by atoms with van der Waals surface area (Å²) in [6, 6.07) is 4.38. The fraction of sp³-hybridized carbons (Fsp3) is 0.583. The molecule has 1 aliphatic carbocycles. The molecular weight excluding hydrogens is 302 g/mol. The Kier molecular flexibility index (Phi) is 3.50. The van der Waals surface area contributed by atoms with E-state index in [-0.39, 0.29) is 12.1 Å². The van der Waals surface area contributed by atoms with Crippen LogP contribution in [-0.2, 0) is 4.74 Å². The van der Waals surface area contributed by atoms with Crippen molar-refractivity contribution in [1.82, 2.24) is 5.32 Å². The summed E-state index contributed by atoms with van der Waals surface area (Å²) in [6.07, 6.45) is 0.687. The quantitative estimate of drug-likeness (QED) is 0.898. The molecule has 0 aromatic carbocycles. The number of ether oxygens (including phenoxy) is 1. The minimum Gasteiger partial charge on any atom is -0.444 e. The molecule has 1 aromatic heterocycles. The molecule has 0 spiro atoms. The second-order valence-corrected chi connectivity index (χ2v) is 7.73. The third-order valence-corrected chi connectivity index (χ3v) is 4.21. The number of hydrogen-bond acceptors (Lipinski definition) is 3. The third-order valence-electron chi connectivity index (χ3n) is 2.45. The summed E-state index contributed by atoms with van der Waals surface area (Å²) in [5.41, 5.74) is -0.430. The maximum atomic E-state index is 11.6. The number of nitrogens with one attached hydrogen (secondary N) is 1. The Morgan fingerprint density at radius 3 is 2.76 bits per heavy atom. The average Bonchev–Trinajstić information content (AvgIpc) is 2.75. The van der Waals surface area contributed by atoms with Crippen molar-refractivity contribution in [1.29, 1.82) is 0 Å². The lowest BCUT2D eigenvalue weighted by Crippen LogP contribution is -2.34. The molecule has 1 aliphatic rings. The summed E-state index contributed by atoms with van der Waals surface area (Å²) >= 11 is 5.17. The van der Waals surface area contributed by atoms with Crippen LogP contribution in [0, 0.1) is 0 Å². The smallest absolute Gasteiger partial charge is 0.407 e. The zero-order valence-electron chi connectivity index (χ0n) is 10.1. The SMILES string of the molecule is CC(C)(C)OC(=O)NC1CC1c1ccc(Br)s1. The van der Waals surface area contributed by atoms with Crippen molar-refractivity contribution in [3.63, 3.8) is 0 Å². The molecule has 94 valence electrons. The lowest BCUT2D eigenvalue weighted by Gasteiger charge is -2.19. The fourth-order valence-corrected chi connectivity index (χ4v) is 3.26. The van der Waals surface area contributed by atoms with Crippen LogP contribution in [0.15, 0.2) is 15.9 Å². The Morgan fingerprint density at radius 1 is 1.53 bits per heavy atom. The van der Waals surface area contributed by atoms with Crippen molar-refractivity contribution in [3.05, 3.63) is 20.8 Å². The van der Waals surface area contributed by atoms with E-state index in [1.807, 2.05) is 26.8 Å². The van der Waals surface area contributed by atoms with Crippen molar-refractivity contribution in [2.45, 2.75) is 44.8 Å². The van der Waals surface area contributed by atoms with Crippen LogP contribution in [0.25, 0.3) is 0 Å². The van der Waals surface area contributed by atoms with Crippen molar-refractivity contribution in [2.75, 3.05) is 0 Å². The number of thiophene rings is 1. The van der Waals surface area contributed by atoms with E-state index in [1.165, 1.54) is 4.88 Å². The molecule has 1 aromatic rings. The monoisotopic (exact) mass is 317 g/mol. The molecule has 1 heterocycles. The van der Waals surface area contributed by atoms with Gasteiger partial charge in [0.1, 0.15) is 5.60 Å². The first-order valence-corrected chi connectivity index (χ1v) is 7.21. The van der Waals surface area contributed by atoms with Crippen molar-refractivity contribution in [3.8, 4) is 0 Å². The van der Waals surface area contributed by atoms with Crippen LogP contribution in [0.1, 0.15) is 38.0 Å². The Labute approximate surface area is 114 Å². The lowest BCUT2D eigenvalue weighted by molar-refractivity contribution is 0.0523. The third kappa shape index (κ3) is 3.71. The highest BCUT2D eigenvalue weighted by atomic mass is 79.9. The van der Waals surface area contributed by atoms with Gasteiger partial charge in [-0.25, -0.2) is 4.79 Å². The van der Waals surface area contributed by atoms with Crippen LogP contribution in [0.4, 0.5) is 4.79 Å². The van der Waals surface area contributed by atoms with Gasteiger partial charge < -0.3 is 10.1 Å². The predicted molar refractivity (Wildman–Crippen MR) is 72.5 cm³/mol. The van der Waals surface area contributed by atoms with Crippen molar-refractivity contribution in [2.24, 2.45) is 0 Å². The van der Waals surface area contributed by atoms with E-state index in [0.717, 1.165) is 10.2 Å². The van der Waals surface area contributed by atoms with Gasteiger partial charge in [-0.1, -0.05) is 0 Å². The van der Waals surface area contributed by atoms with Crippen LogP contribution in [0.3, 0.4) is 0 Å². The topological polar surface area (TPSA) is 38.3 Å². The van der Waals surface area contributed by atoms with E-state index in [0.29, 0.717) is 5.92 Å². The maximum Gasteiger partial charge on any atom is 0.407 e. The van der Waals surface area contributed by atoms with Gasteiger partial charge in [0, 0.05) is 16.8 Å². The van der Waals surface area contributed by atoms with Crippen LogP contribution >= 0.6 is 27.3 Å². The number of carbonyl (C=O) groups excluding carboxylic acids is 1. The number of rotatable bonds is 2. The zero-order chi connectivity index (χ0) is 12.6. The first-order valence-electron chi connectivity index (χ1n) is 5.60. The minimum absolute atomic E-state index is 0.232. The first-order chi connectivity index (χ1) is 7.85. The van der Waals surface area contributed by atoms with E-state index in [1.54, 1.807) is 11.3 Å². The number of alkyl carbamates (subject to hydrolysis) is 1. The van der Waals surface area contributed by atoms with Gasteiger partial charge in [0.25, 0.3) is 0 Å². The summed E-state index contributed by atoms with van der Waals surface area (Å²) in [5, 5.41) is 2.90. The van der Waals surface area contributed by atoms with Crippen molar-refractivity contribution >= 4 is 33.4 Å². The Morgan fingerprint density at radius 2 is 2.24 bits per heavy atom. The van der Waals surface area contributed by atoms with Gasteiger partial charge in [0.15, 0.2) is 0 Å². The second kappa shape index (κ2) is 4.61. The number of hydrogen-bond donors (Lipinski definition) is 1. The Hall–Kier alpha value is -0.550. The molecule has 1 N–H and O–H groups in total. The van der Waals surface area contributed by atoms with Gasteiger partial charge in [-0.15, -0.1) is 11.3 Å². The molecule has 2 atom stereocenters. The van der Waals surface area contributed by atoms with Crippen molar-refractivity contribution < 1.29 is 9.53 Å². The fourth-order valence-electron chi connectivity index (χ4n) is 1.66. The molecule has 0 aliphatic heterocycles. The number of amides is 1. The van der Waals surface area contributed by atoms with E-state index in [4.69, 9.17) is 4.74 Å². The molecular formula is C12H16BrNO2S. The highest BCUT2D eigenvalue weighted by molar-refractivity contribution is 9.11. The molecule has 2 rings (SSSR count). The molecule has 1 amide bonds. The van der Waals surface area contributed by atoms with E-state index >= 15 is 0 Å². The number of carbonyl (C=O) groups is 1. The summed E-state index contributed by atoms with van der Waals surface area (Å²) in [7, 11) is 0. The highest BCUT2D eigenvalue weighted by Crippen LogP contribution is 2.44. The van der Waals surface area contributed by atoms with E-state index < -0.39 is 5.60 Å². The average molecular weight is 318 g/mol. The molecule has 17 heavy (non-hydrogen) atoms. The van der Waals surface area contributed by atoms with E-state index in [2.05, 4.69) is 27.3 Å². The standard InChI is InChI=1S/C12H16BrNO2S/c1-12(2,3)16-11(15)14-8-6-7(8)9-4-5-10(13)17-9/h4-5,7-8H,6H2,1-3H3,(H,14,15). The summed E-state index contributed by atoms with van der Waals surface area (Å²) in [5.74, 6) is 0.457. The maximum absolute atomic E-state index is 11.6. The molecule has 1 fully saturated rings.